The molecule has 1 aromatic carbocycles. The van der Waals surface area contributed by atoms with Crippen LogP contribution in [0.3, 0.4) is 0 Å². The van der Waals surface area contributed by atoms with E-state index in [1.165, 1.54) is 0 Å². The lowest BCUT2D eigenvalue weighted by Gasteiger charge is -2.15. The third-order valence-electron chi connectivity index (χ3n) is 3.50. The van der Waals surface area contributed by atoms with Crippen molar-refractivity contribution in [2.75, 3.05) is 14.2 Å². The van der Waals surface area contributed by atoms with Gasteiger partial charge in [-0.2, -0.15) is 5.10 Å². The van der Waals surface area contributed by atoms with Crippen molar-refractivity contribution in [2.45, 2.75) is 19.4 Å². The van der Waals surface area contributed by atoms with Gasteiger partial charge in [-0.1, -0.05) is 11.6 Å². The van der Waals surface area contributed by atoms with Gasteiger partial charge >= 0.3 is 0 Å². The molecule has 5 nitrogen and oxygen atoms in total. The molecule has 0 bridgehead atoms. The molecule has 0 fully saturated rings. The minimum atomic E-state index is -0.214. The van der Waals surface area contributed by atoms with E-state index in [0.717, 1.165) is 16.8 Å². The van der Waals surface area contributed by atoms with Crippen LogP contribution in [0.25, 0.3) is 0 Å². The minimum absolute atomic E-state index is 0.214. The third kappa shape index (κ3) is 3.31. The minimum Gasteiger partial charge on any atom is -0.497 e. The molecule has 1 aromatic heterocycles. The fourth-order valence-corrected chi connectivity index (χ4v) is 2.54. The molecule has 21 heavy (non-hydrogen) atoms. The van der Waals surface area contributed by atoms with Gasteiger partial charge < -0.3 is 15.2 Å². The maximum atomic E-state index is 6.31. The fraction of sp³-hybridized carbons (Fsp3) is 0.400. The Morgan fingerprint density at radius 3 is 2.24 bits per heavy atom. The summed E-state index contributed by atoms with van der Waals surface area (Å²) >= 11 is 6.26. The van der Waals surface area contributed by atoms with Crippen LogP contribution in [0.15, 0.2) is 18.2 Å². The molecule has 2 aromatic rings. The van der Waals surface area contributed by atoms with Gasteiger partial charge in [-0.15, -0.1) is 0 Å². The van der Waals surface area contributed by atoms with Crippen LogP contribution in [0, 0.1) is 6.92 Å². The molecule has 114 valence electrons. The summed E-state index contributed by atoms with van der Waals surface area (Å²) in [5.41, 5.74) is 9.11. The standard InChI is InChI=1S/C15H20ClN3O2/c1-9-13(15(16)19(2)18-9)8-14(17)10-5-11(20-3)7-12(6-10)21-4/h5-7,14H,8,17H2,1-4H3. The molecule has 2 rings (SSSR count). The zero-order valence-corrected chi connectivity index (χ0v) is 13.4. The Bertz CT molecular complexity index is 618. The van der Waals surface area contributed by atoms with Crippen molar-refractivity contribution in [1.82, 2.24) is 9.78 Å². The number of nitrogens with zero attached hydrogens (tertiary/aromatic N) is 2. The first-order valence-corrected chi connectivity index (χ1v) is 7.00. The second-order valence-corrected chi connectivity index (χ2v) is 5.29. The van der Waals surface area contributed by atoms with E-state index in [1.807, 2.05) is 32.2 Å². The van der Waals surface area contributed by atoms with Gasteiger partial charge in [0.25, 0.3) is 0 Å². The van der Waals surface area contributed by atoms with E-state index in [9.17, 15) is 0 Å². The average Bonchev–Trinajstić information content (AvgIpc) is 2.72. The maximum Gasteiger partial charge on any atom is 0.130 e. The number of methoxy groups -OCH3 is 2. The lowest BCUT2D eigenvalue weighted by atomic mass is 9.99. The lowest BCUT2D eigenvalue weighted by molar-refractivity contribution is 0.392. The Hall–Kier alpha value is -1.72. The second kappa shape index (κ2) is 6.37. The number of nitrogens with two attached hydrogens (primary N) is 1. The van der Waals surface area contributed by atoms with Gasteiger partial charge in [-0.05, 0) is 31.0 Å². The first-order valence-electron chi connectivity index (χ1n) is 6.62. The van der Waals surface area contributed by atoms with Crippen molar-refractivity contribution < 1.29 is 9.47 Å². The third-order valence-corrected chi connectivity index (χ3v) is 3.97. The summed E-state index contributed by atoms with van der Waals surface area (Å²) in [6.07, 6.45) is 0.606. The van der Waals surface area contributed by atoms with Crippen LogP contribution in [0.5, 0.6) is 11.5 Å². The van der Waals surface area contributed by atoms with E-state index >= 15 is 0 Å². The largest absolute Gasteiger partial charge is 0.497 e. The number of hydrogen-bond acceptors (Lipinski definition) is 4. The van der Waals surface area contributed by atoms with Crippen molar-refractivity contribution in [1.29, 1.82) is 0 Å². The van der Waals surface area contributed by atoms with Crippen LogP contribution in [-0.4, -0.2) is 24.0 Å². The molecule has 0 aliphatic carbocycles. The van der Waals surface area contributed by atoms with Crippen molar-refractivity contribution in [3.8, 4) is 11.5 Å². The number of hydrogen-bond donors (Lipinski definition) is 1. The Morgan fingerprint density at radius 1 is 1.24 bits per heavy atom. The van der Waals surface area contributed by atoms with E-state index in [2.05, 4.69) is 5.10 Å². The molecule has 0 aliphatic rings. The van der Waals surface area contributed by atoms with Crippen molar-refractivity contribution in [2.24, 2.45) is 12.8 Å². The highest BCUT2D eigenvalue weighted by Gasteiger charge is 2.17. The monoisotopic (exact) mass is 309 g/mol. The molecule has 0 radical (unpaired) electrons. The molecule has 2 N–H and O–H groups in total. The summed E-state index contributed by atoms with van der Waals surface area (Å²) in [6, 6.07) is 5.42. The van der Waals surface area contributed by atoms with Crippen molar-refractivity contribution >= 4 is 11.6 Å². The summed E-state index contributed by atoms with van der Waals surface area (Å²) in [4.78, 5) is 0. The van der Waals surface area contributed by atoms with Crippen LogP contribution in [0.1, 0.15) is 22.9 Å². The Kier molecular flexibility index (Phi) is 4.75. The zero-order valence-electron chi connectivity index (χ0n) is 12.7. The Labute approximate surface area is 129 Å². The highest BCUT2D eigenvalue weighted by molar-refractivity contribution is 6.30. The molecule has 1 atom stereocenters. The number of aromatic nitrogens is 2. The fourth-order valence-electron chi connectivity index (χ4n) is 2.29. The smallest absolute Gasteiger partial charge is 0.130 e. The Morgan fingerprint density at radius 2 is 1.81 bits per heavy atom. The van der Waals surface area contributed by atoms with E-state index in [0.29, 0.717) is 23.1 Å². The molecule has 0 aliphatic heterocycles. The normalized spacial score (nSPS) is 12.3. The highest BCUT2D eigenvalue weighted by Crippen LogP contribution is 2.29. The summed E-state index contributed by atoms with van der Waals surface area (Å²) in [5.74, 6) is 1.43. The van der Waals surface area contributed by atoms with Gasteiger partial charge in [0, 0.05) is 24.7 Å². The molecule has 0 saturated heterocycles. The van der Waals surface area contributed by atoms with Crippen molar-refractivity contribution in [3.63, 3.8) is 0 Å². The molecule has 0 saturated carbocycles. The molecule has 1 unspecified atom stereocenters. The zero-order chi connectivity index (χ0) is 15.6. The predicted octanol–water partition coefficient (Wildman–Crippen LogP) is 2.64. The molecular weight excluding hydrogens is 290 g/mol. The average molecular weight is 310 g/mol. The summed E-state index contributed by atoms with van der Waals surface area (Å²) in [6.45, 7) is 1.93. The van der Waals surface area contributed by atoms with E-state index in [1.54, 1.807) is 18.9 Å². The second-order valence-electron chi connectivity index (χ2n) is 4.93. The number of halogens is 1. The SMILES string of the molecule is COc1cc(OC)cc(C(N)Cc2c(C)nn(C)c2Cl)c1. The van der Waals surface area contributed by atoms with E-state index in [-0.39, 0.29) is 6.04 Å². The van der Waals surface area contributed by atoms with E-state index in [4.69, 9.17) is 26.8 Å². The number of rotatable bonds is 5. The lowest BCUT2D eigenvalue weighted by Crippen LogP contribution is -2.14. The molecular formula is C15H20ClN3O2. The topological polar surface area (TPSA) is 62.3 Å². The number of aryl methyl sites for hydroxylation is 2. The number of benzene rings is 1. The van der Waals surface area contributed by atoms with Gasteiger partial charge in [0.05, 0.1) is 19.9 Å². The Balaban J connectivity index is 2.29. The van der Waals surface area contributed by atoms with Gasteiger partial charge in [-0.3, -0.25) is 4.68 Å². The van der Waals surface area contributed by atoms with Crippen LogP contribution in [0.4, 0.5) is 0 Å². The molecule has 0 spiro atoms. The molecule has 0 amide bonds. The van der Waals surface area contributed by atoms with Gasteiger partial charge in [0.15, 0.2) is 0 Å². The summed E-state index contributed by atoms with van der Waals surface area (Å²) in [7, 11) is 5.05. The van der Waals surface area contributed by atoms with Crippen LogP contribution in [-0.2, 0) is 13.5 Å². The highest BCUT2D eigenvalue weighted by atomic mass is 35.5. The van der Waals surface area contributed by atoms with Crippen LogP contribution < -0.4 is 15.2 Å². The summed E-state index contributed by atoms with van der Waals surface area (Å²) < 4.78 is 12.2. The van der Waals surface area contributed by atoms with Crippen LogP contribution >= 0.6 is 11.6 Å². The first-order chi connectivity index (χ1) is 9.96. The molecule has 1 heterocycles. The quantitative estimate of drug-likeness (QED) is 0.922. The van der Waals surface area contributed by atoms with Gasteiger partial charge in [0.2, 0.25) is 0 Å². The number of ether oxygens (including phenoxy) is 2. The van der Waals surface area contributed by atoms with Gasteiger partial charge in [-0.25, -0.2) is 0 Å². The van der Waals surface area contributed by atoms with Crippen molar-refractivity contribution in [3.05, 3.63) is 40.2 Å². The van der Waals surface area contributed by atoms with Crippen LogP contribution in [0.2, 0.25) is 5.15 Å². The summed E-state index contributed by atoms with van der Waals surface area (Å²) in [5, 5.41) is 4.93. The van der Waals surface area contributed by atoms with E-state index < -0.39 is 0 Å². The first kappa shape index (κ1) is 15.7. The van der Waals surface area contributed by atoms with Gasteiger partial charge in [0.1, 0.15) is 16.7 Å². The molecule has 6 heteroatoms. The predicted molar refractivity (Wildman–Crippen MR) is 83.1 cm³/mol. The maximum absolute atomic E-state index is 6.31.